The second-order valence-electron chi connectivity index (χ2n) is 35.1. The van der Waals surface area contributed by atoms with Gasteiger partial charge in [-0.25, -0.2) is 4.39 Å². The number of benzene rings is 12. The molecular formula is C110H103FN4O12S4. The number of nitrogens with zero attached hydrogens (tertiary/aromatic N) is 4. The van der Waals surface area contributed by atoms with Gasteiger partial charge in [-0.05, 0) is 237 Å². The first-order chi connectivity index (χ1) is 63.5. The van der Waals surface area contributed by atoms with Crippen LogP contribution in [0.4, 0.5) is 4.39 Å². The highest BCUT2D eigenvalue weighted by Gasteiger charge is 2.31. The van der Waals surface area contributed by atoms with Crippen molar-refractivity contribution in [3.8, 4) is 69.0 Å². The summed E-state index contributed by atoms with van der Waals surface area (Å²) >= 11 is 5.30. The number of carbonyl (C=O) groups is 4. The maximum Gasteiger partial charge on any atom is 0.207 e. The molecule has 0 aliphatic carbocycles. The van der Waals surface area contributed by atoms with Crippen molar-refractivity contribution >= 4 is 109 Å². The number of thiophene rings is 4. The summed E-state index contributed by atoms with van der Waals surface area (Å²) in [6.07, 6.45) is 4.04. The lowest BCUT2D eigenvalue weighted by Crippen LogP contribution is -2.45. The standard InChI is InChI=1S/2C28H27NO3S.C27H24FNO3S.C27H25NO3S/c1-18-3-7-21(8-4-18)26(31)28-27(24-12-9-22(30)15-25(24)33-28)32-23-10-5-20(6-11-23)13-14-29-16-19(2)17-29;1-18-16-29(17-18)14-13-20-7-10-22(11-8-20)32-27-24-12-9-21(30)15-25(24)33-28(27)26(31)23-6-4-3-5-19(23)2;1-17-15-29(16-17)13-12-18-2-9-22(10-3-18)32-26-23-11-8-21(30)14-24(23)33-27(26)25(31)19-4-6-20(28)7-5-19;1-18-16-28(17-18)14-13-19-7-10-22(11-8-19)31-26-23-12-9-21(29)15-24(23)32-27(26)25(30)20-5-3-2-4-6-20/h3-12,15,19,30H,13-14,16-17H2,1-2H3;3-12,15,18,30H,13-14,16-17H2,1-2H3;2-11,14,17,30H,12-13,15-16H2,1H3;2-12,15,18,29H,13-14,16-17H2,1H3. The van der Waals surface area contributed by atoms with E-state index in [4.69, 9.17) is 18.9 Å². The molecule has 12 aromatic carbocycles. The first kappa shape index (κ1) is 90.3. The van der Waals surface area contributed by atoms with E-state index >= 15 is 0 Å². The molecule has 0 amide bonds. The quantitative estimate of drug-likeness (QED) is 0.0337. The van der Waals surface area contributed by atoms with Gasteiger partial charge in [0, 0.05) is 141 Å². The van der Waals surface area contributed by atoms with Crippen LogP contribution in [-0.4, -0.2) is 142 Å². The van der Waals surface area contributed by atoms with Crippen LogP contribution in [0.15, 0.2) is 273 Å². The first-order valence-corrected chi connectivity index (χ1v) is 47.8. The number of aryl methyl sites for hydroxylation is 2. The van der Waals surface area contributed by atoms with Crippen molar-refractivity contribution < 1.29 is 62.9 Å². The lowest BCUT2D eigenvalue weighted by Gasteiger charge is -2.37. The summed E-state index contributed by atoms with van der Waals surface area (Å²) in [5.74, 6) is 7.84. The molecule has 0 bridgehead atoms. The number of aromatic hydroxyl groups is 4. The summed E-state index contributed by atoms with van der Waals surface area (Å²) in [4.78, 5) is 65.2. The Balaban J connectivity index is 0.000000122. The van der Waals surface area contributed by atoms with Crippen LogP contribution in [0.3, 0.4) is 0 Å². The van der Waals surface area contributed by atoms with Crippen LogP contribution in [0.2, 0.25) is 0 Å². The van der Waals surface area contributed by atoms with E-state index in [9.17, 15) is 44.0 Å². The Hall–Kier alpha value is -12.7. The lowest BCUT2D eigenvalue weighted by molar-refractivity contribution is 0.103. The van der Waals surface area contributed by atoms with E-state index in [1.807, 2.05) is 153 Å². The molecule has 8 heterocycles. The van der Waals surface area contributed by atoms with E-state index in [1.54, 1.807) is 60.7 Å². The van der Waals surface area contributed by atoms with Gasteiger partial charge in [0.05, 0.1) is 0 Å². The molecule has 131 heavy (non-hydrogen) atoms. The van der Waals surface area contributed by atoms with Crippen LogP contribution in [0.5, 0.6) is 69.0 Å². The van der Waals surface area contributed by atoms with Gasteiger partial charge in [0.15, 0.2) is 23.0 Å². The normalized spacial score (nSPS) is 14.4. The fourth-order valence-corrected chi connectivity index (χ4v) is 21.5. The summed E-state index contributed by atoms with van der Waals surface area (Å²) in [6.45, 7) is 26.9. The average Bonchev–Trinajstić information content (AvgIpc) is 1.64. The van der Waals surface area contributed by atoms with Crippen LogP contribution in [-0.2, 0) is 25.7 Å². The minimum absolute atomic E-state index is 0.0656. The van der Waals surface area contributed by atoms with Crippen molar-refractivity contribution in [1.29, 1.82) is 0 Å². The molecule has 0 spiro atoms. The number of hydrogen-bond donors (Lipinski definition) is 4. The predicted octanol–water partition coefficient (Wildman–Crippen LogP) is 25.3. The third-order valence-electron chi connectivity index (χ3n) is 24.2. The Bertz CT molecular complexity index is 6550. The Morgan fingerprint density at radius 2 is 0.573 bits per heavy atom. The first-order valence-electron chi connectivity index (χ1n) is 44.6. The number of halogens is 1. The maximum absolute atomic E-state index is 13.5. The number of rotatable bonds is 28. The van der Waals surface area contributed by atoms with Gasteiger partial charge in [-0.2, -0.15) is 0 Å². The zero-order valence-electron chi connectivity index (χ0n) is 74.0. The molecular weight excluding hydrogens is 1720 g/mol. The summed E-state index contributed by atoms with van der Waals surface area (Å²) in [5.41, 5.74) is 9.38. The Morgan fingerprint density at radius 1 is 0.313 bits per heavy atom. The number of likely N-dealkylation sites (tertiary alicyclic amines) is 4. The molecule has 0 saturated carbocycles. The molecule has 4 aromatic heterocycles. The van der Waals surface area contributed by atoms with Crippen molar-refractivity contribution in [2.24, 2.45) is 23.7 Å². The number of ketones is 4. The fraction of sp³-hybridized carbons (Fsp3) is 0.236. The van der Waals surface area contributed by atoms with Crippen molar-refractivity contribution in [3.05, 3.63) is 354 Å². The van der Waals surface area contributed by atoms with Crippen LogP contribution >= 0.6 is 45.3 Å². The molecule has 16 aromatic rings. The maximum atomic E-state index is 13.5. The zero-order valence-corrected chi connectivity index (χ0v) is 77.2. The van der Waals surface area contributed by atoms with E-state index in [0.717, 1.165) is 127 Å². The topological polar surface area (TPSA) is 199 Å². The fourth-order valence-electron chi connectivity index (χ4n) is 17.0. The number of ether oxygens (including phenoxy) is 4. The van der Waals surface area contributed by atoms with Gasteiger partial charge in [0.25, 0.3) is 0 Å². The molecule has 20 rings (SSSR count). The molecule has 21 heteroatoms. The molecule has 4 aliphatic rings. The molecule has 0 unspecified atom stereocenters. The molecule has 0 atom stereocenters. The Morgan fingerprint density at radius 3 is 0.855 bits per heavy atom. The second-order valence-corrected chi connectivity index (χ2v) is 39.3. The van der Waals surface area contributed by atoms with E-state index in [1.165, 1.54) is 144 Å². The number of phenolic OH excluding ortho intramolecular Hbond substituents is 4. The largest absolute Gasteiger partial charge is 0.508 e. The molecule has 4 saturated heterocycles. The smallest absolute Gasteiger partial charge is 0.207 e. The van der Waals surface area contributed by atoms with E-state index in [0.29, 0.717) is 87.8 Å². The third-order valence-corrected chi connectivity index (χ3v) is 28.7. The molecule has 4 N–H and O–H groups in total. The van der Waals surface area contributed by atoms with Gasteiger partial charge in [-0.3, -0.25) is 19.2 Å². The van der Waals surface area contributed by atoms with Crippen molar-refractivity contribution in [3.63, 3.8) is 0 Å². The van der Waals surface area contributed by atoms with Gasteiger partial charge in [0.2, 0.25) is 23.1 Å². The van der Waals surface area contributed by atoms with E-state index < -0.39 is 5.82 Å². The van der Waals surface area contributed by atoms with Gasteiger partial charge in [-0.15, -0.1) is 45.3 Å². The summed E-state index contributed by atoms with van der Waals surface area (Å²) in [5, 5.41) is 42.9. The molecule has 0 radical (unpaired) electrons. The summed E-state index contributed by atoms with van der Waals surface area (Å²) in [6, 6.07) is 82.5. The molecule has 4 fully saturated rings. The van der Waals surface area contributed by atoms with Crippen molar-refractivity contribution in [1.82, 2.24) is 19.6 Å². The van der Waals surface area contributed by atoms with Gasteiger partial charge >= 0.3 is 0 Å². The molecule has 4 aliphatic heterocycles. The van der Waals surface area contributed by atoms with Gasteiger partial charge in [-0.1, -0.05) is 161 Å². The molecule has 666 valence electrons. The third kappa shape index (κ3) is 22.0. The van der Waals surface area contributed by atoms with Crippen molar-refractivity contribution in [2.75, 3.05) is 78.5 Å². The van der Waals surface area contributed by atoms with Gasteiger partial charge in [0.1, 0.15) is 71.3 Å². The van der Waals surface area contributed by atoms with Crippen LogP contribution in [0.1, 0.15) is 122 Å². The minimum Gasteiger partial charge on any atom is -0.508 e. The van der Waals surface area contributed by atoms with Crippen LogP contribution in [0, 0.1) is 43.3 Å². The highest BCUT2D eigenvalue weighted by atomic mass is 32.1. The van der Waals surface area contributed by atoms with E-state index in [-0.39, 0.29) is 46.1 Å². The van der Waals surface area contributed by atoms with Gasteiger partial charge < -0.3 is 59.0 Å². The Labute approximate surface area is 778 Å². The predicted molar refractivity (Wildman–Crippen MR) is 526 cm³/mol. The van der Waals surface area contributed by atoms with Crippen molar-refractivity contribution in [2.45, 2.75) is 67.2 Å². The molecule has 16 nitrogen and oxygen atoms in total. The average molecular weight is 1820 g/mol. The minimum atomic E-state index is -0.395. The monoisotopic (exact) mass is 1820 g/mol. The number of carbonyl (C=O) groups excluding carboxylic acids is 4. The second kappa shape index (κ2) is 40.8. The zero-order chi connectivity index (χ0) is 90.9. The highest BCUT2D eigenvalue weighted by Crippen LogP contribution is 2.48. The Kier molecular flexibility index (Phi) is 28.1. The summed E-state index contributed by atoms with van der Waals surface area (Å²) < 4.78 is 41.6. The lowest BCUT2D eigenvalue weighted by atomic mass is 10.0. The number of hydrogen-bond acceptors (Lipinski definition) is 20. The SMILES string of the molecule is CC1CN(CCc2ccc(Oc3c(C(=O)c4ccc(F)cc4)sc4cc(O)ccc34)cc2)C1.CC1CN(CCc2ccc(Oc3c(C(=O)c4ccccc4)sc4cc(O)ccc34)cc2)C1.Cc1ccc(C(=O)c2sc3cc(O)ccc3c2Oc2ccc(CCN3CC(C)C3)cc2)cc1.Cc1ccccc1C(=O)c1sc2cc(O)ccc2c1Oc1ccc(CCN2CC(C)C2)cc1. The number of fused-ring (bicyclic) bond motifs is 4. The highest BCUT2D eigenvalue weighted by molar-refractivity contribution is 7.22. The summed E-state index contributed by atoms with van der Waals surface area (Å²) in [7, 11) is 0. The number of phenols is 4. The van der Waals surface area contributed by atoms with Crippen LogP contribution < -0.4 is 18.9 Å². The van der Waals surface area contributed by atoms with Crippen LogP contribution in [0.25, 0.3) is 40.3 Å². The van der Waals surface area contributed by atoms with E-state index in [2.05, 4.69) is 95.8 Å².